The highest BCUT2D eigenvalue weighted by atomic mass is 19.1. The fourth-order valence-corrected chi connectivity index (χ4v) is 5.05. The molecule has 2 bridgehead atoms. The van der Waals surface area contributed by atoms with E-state index in [4.69, 9.17) is 0 Å². The lowest BCUT2D eigenvalue weighted by Crippen LogP contribution is -2.40. The number of benzene rings is 1. The average Bonchev–Trinajstić information content (AvgIpc) is 2.67. The van der Waals surface area contributed by atoms with Gasteiger partial charge in [-0.2, -0.15) is 0 Å². The summed E-state index contributed by atoms with van der Waals surface area (Å²) < 4.78 is 14.1. The minimum atomic E-state index is -0.0884. The van der Waals surface area contributed by atoms with Crippen molar-refractivity contribution >= 4 is 0 Å². The highest BCUT2D eigenvalue weighted by Crippen LogP contribution is 2.58. The molecule has 0 aliphatic heterocycles. The monoisotopic (exact) mass is 354 g/mol. The quantitative estimate of drug-likeness (QED) is 0.352. The Labute approximate surface area is 160 Å². The topological polar surface area (TPSA) is 0 Å². The van der Waals surface area contributed by atoms with Crippen LogP contribution in [-0.2, 0) is 6.42 Å². The molecule has 3 aliphatic rings. The molecule has 3 fully saturated rings. The smallest absolute Gasteiger partial charge is 0.127 e. The molecule has 0 N–H and O–H groups in total. The van der Waals surface area contributed by atoms with E-state index in [2.05, 4.69) is 25.7 Å². The maximum absolute atomic E-state index is 14.1. The molecule has 1 aromatic carbocycles. The fraction of sp³-hybridized carbons (Fsp3) is 0.680. The third-order valence-corrected chi connectivity index (χ3v) is 7.01. The Morgan fingerprint density at radius 3 is 2.27 bits per heavy atom. The van der Waals surface area contributed by atoms with Crippen LogP contribution in [0.1, 0.15) is 102 Å². The minimum Gasteiger partial charge on any atom is -0.207 e. The van der Waals surface area contributed by atoms with Crippen LogP contribution < -0.4 is 0 Å². The first-order valence-electron chi connectivity index (χ1n) is 10.9. The summed E-state index contributed by atoms with van der Waals surface area (Å²) in [5.74, 6) is 6.83. The van der Waals surface area contributed by atoms with Gasteiger partial charge >= 0.3 is 0 Å². The Hall–Kier alpha value is -1.29. The van der Waals surface area contributed by atoms with Crippen molar-refractivity contribution in [2.75, 3.05) is 0 Å². The van der Waals surface area contributed by atoms with E-state index >= 15 is 0 Å². The minimum absolute atomic E-state index is 0.0884. The zero-order valence-corrected chi connectivity index (χ0v) is 16.8. The maximum Gasteiger partial charge on any atom is 0.127 e. The normalized spacial score (nSPS) is 27.2. The van der Waals surface area contributed by atoms with Crippen molar-refractivity contribution in [2.45, 2.75) is 97.3 Å². The molecular formula is C25H35F. The van der Waals surface area contributed by atoms with Crippen molar-refractivity contribution in [2.24, 2.45) is 10.8 Å². The van der Waals surface area contributed by atoms with Gasteiger partial charge in [0.2, 0.25) is 0 Å². The molecule has 0 heterocycles. The molecule has 142 valence electrons. The molecule has 3 aliphatic carbocycles. The van der Waals surface area contributed by atoms with Crippen molar-refractivity contribution in [3.05, 3.63) is 35.1 Å². The van der Waals surface area contributed by atoms with Crippen molar-refractivity contribution in [3.8, 4) is 11.8 Å². The lowest BCUT2D eigenvalue weighted by atomic mass is 9.53. The van der Waals surface area contributed by atoms with Gasteiger partial charge in [-0.1, -0.05) is 63.9 Å². The Kier molecular flexibility index (Phi) is 6.44. The number of unbranched alkanes of at least 4 members (excludes halogenated alkanes) is 3. The van der Waals surface area contributed by atoms with E-state index < -0.39 is 0 Å². The predicted octanol–water partition coefficient (Wildman–Crippen LogP) is 7.44. The summed E-state index contributed by atoms with van der Waals surface area (Å²) in [5, 5.41) is 0. The summed E-state index contributed by atoms with van der Waals surface area (Å²) in [6, 6.07) is 5.56. The molecule has 0 spiro atoms. The summed E-state index contributed by atoms with van der Waals surface area (Å²) in [4.78, 5) is 0. The fourth-order valence-electron chi connectivity index (χ4n) is 5.05. The molecular weight excluding hydrogens is 319 g/mol. The molecule has 26 heavy (non-hydrogen) atoms. The standard InChI is InChI=1S/C25H35F/c1-3-5-6-7-12-24-14-17-25(18-15-24,19-16-24)13-11-21-9-10-22(8-4-2)23(26)20-21/h9-10,20H,3-8,12,14-19H2,1-2H3. The molecule has 1 aromatic rings. The maximum atomic E-state index is 14.1. The summed E-state index contributed by atoms with van der Waals surface area (Å²) in [6.45, 7) is 4.37. The van der Waals surface area contributed by atoms with Gasteiger partial charge in [0.1, 0.15) is 5.82 Å². The lowest BCUT2D eigenvalue weighted by Gasteiger charge is -2.51. The van der Waals surface area contributed by atoms with Crippen molar-refractivity contribution < 1.29 is 4.39 Å². The zero-order valence-electron chi connectivity index (χ0n) is 16.8. The molecule has 0 radical (unpaired) electrons. The van der Waals surface area contributed by atoms with Crippen LogP contribution in [0.2, 0.25) is 0 Å². The van der Waals surface area contributed by atoms with Crippen LogP contribution >= 0.6 is 0 Å². The summed E-state index contributed by atoms with van der Waals surface area (Å²) in [5.41, 5.74) is 2.51. The van der Waals surface area contributed by atoms with E-state index in [0.29, 0.717) is 5.41 Å². The zero-order chi connectivity index (χ0) is 18.5. The van der Waals surface area contributed by atoms with Gasteiger partial charge in [0, 0.05) is 11.0 Å². The van der Waals surface area contributed by atoms with Gasteiger partial charge in [-0.3, -0.25) is 0 Å². The van der Waals surface area contributed by atoms with Gasteiger partial charge < -0.3 is 0 Å². The highest BCUT2D eigenvalue weighted by Gasteiger charge is 2.47. The summed E-state index contributed by atoms with van der Waals surface area (Å²) >= 11 is 0. The molecule has 0 saturated heterocycles. The van der Waals surface area contributed by atoms with Crippen molar-refractivity contribution in [3.63, 3.8) is 0 Å². The van der Waals surface area contributed by atoms with Gasteiger partial charge in [-0.25, -0.2) is 4.39 Å². The van der Waals surface area contributed by atoms with E-state index in [-0.39, 0.29) is 11.2 Å². The summed E-state index contributed by atoms with van der Waals surface area (Å²) in [7, 11) is 0. The molecule has 3 saturated carbocycles. The second-order valence-electron chi connectivity index (χ2n) is 8.90. The number of rotatable bonds is 7. The first-order valence-corrected chi connectivity index (χ1v) is 10.9. The van der Waals surface area contributed by atoms with E-state index in [1.165, 1.54) is 70.6 Å². The Balaban J connectivity index is 1.60. The highest BCUT2D eigenvalue weighted by molar-refractivity contribution is 5.38. The van der Waals surface area contributed by atoms with Gasteiger partial charge in [0.25, 0.3) is 0 Å². The number of hydrogen-bond donors (Lipinski definition) is 0. The predicted molar refractivity (Wildman–Crippen MR) is 109 cm³/mol. The number of halogens is 1. The van der Waals surface area contributed by atoms with Crippen LogP contribution in [0.5, 0.6) is 0 Å². The molecule has 0 amide bonds. The van der Waals surface area contributed by atoms with Crippen LogP contribution in [0.3, 0.4) is 0 Å². The van der Waals surface area contributed by atoms with E-state index in [1.54, 1.807) is 6.07 Å². The second-order valence-corrected chi connectivity index (χ2v) is 8.90. The van der Waals surface area contributed by atoms with E-state index in [9.17, 15) is 4.39 Å². The van der Waals surface area contributed by atoms with Crippen LogP contribution in [0.4, 0.5) is 4.39 Å². The number of fused-ring (bicyclic) bond motifs is 3. The molecule has 0 nitrogen and oxygen atoms in total. The molecule has 4 rings (SSSR count). The first kappa shape index (κ1) is 19.5. The van der Waals surface area contributed by atoms with Gasteiger partial charge in [0.15, 0.2) is 0 Å². The SMILES string of the molecule is CCCCCCC12CCC(C#Cc3ccc(CCC)c(F)c3)(CC1)CC2. The average molecular weight is 355 g/mol. The largest absolute Gasteiger partial charge is 0.207 e. The lowest BCUT2D eigenvalue weighted by molar-refractivity contribution is 0.0185. The van der Waals surface area contributed by atoms with Crippen LogP contribution in [-0.4, -0.2) is 0 Å². The molecule has 0 unspecified atom stereocenters. The van der Waals surface area contributed by atoms with E-state index in [0.717, 1.165) is 24.0 Å². The van der Waals surface area contributed by atoms with Crippen LogP contribution in [0.15, 0.2) is 18.2 Å². The third kappa shape index (κ3) is 4.51. The third-order valence-electron chi connectivity index (χ3n) is 7.01. The Morgan fingerprint density at radius 1 is 0.923 bits per heavy atom. The van der Waals surface area contributed by atoms with Crippen molar-refractivity contribution in [1.82, 2.24) is 0 Å². The second kappa shape index (κ2) is 8.60. The van der Waals surface area contributed by atoms with Gasteiger partial charge in [0.05, 0.1) is 0 Å². The summed E-state index contributed by atoms with van der Waals surface area (Å²) in [6.07, 6.45) is 16.6. The Morgan fingerprint density at radius 2 is 1.65 bits per heavy atom. The number of hydrogen-bond acceptors (Lipinski definition) is 0. The van der Waals surface area contributed by atoms with Gasteiger partial charge in [-0.05, 0) is 74.5 Å². The van der Waals surface area contributed by atoms with Gasteiger partial charge in [-0.15, -0.1) is 0 Å². The molecule has 0 aromatic heterocycles. The van der Waals surface area contributed by atoms with E-state index in [1.807, 2.05) is 12.1 Å². The molecule has 0 atom stereocenters. The first-order chi connectivity index (χ1) is 12.6. The molecule has 1 heteroatoms. The Bertz CT molecular complexity index is 636. The van der Waals surface area contributed by atoms with Crippen LogP contribution in [0.25, 0.3) is 0 Å². The van der Waals surface area contributed by atoms with Crippen LogP contribution in [0, 0.1) is 28.5 Å². The number of aryl methyl sites for hydroxylation is 1. The van der Waals surface area contributed by atoms with Crippen molar-refractivity contribution in [1.29, 1.82) is 0 Å².